The molecule has 0 saturated carbocycles. The van der Waals surface area contributed by atoms with Gasteiger partial charge in [0.15, 0.2) is 0 Å². The Morgan fingerprint density at radius 2 is 1.90 bits per heavy atom. The van der Waals surface area contributed by atoms with Crippen LogP contribution in [-0.4, -0.2) is 41.2 Å². The lowest BCUT2D eigenvalue weighted by Gasteiger charge is -2.27. The van der Waals surface area contributed by atoms with Crippen molar-refractivity contribution in [3.63, 3.8) is 0 Å². The summed E-state index contributed by atoms with van der Waals surface area (Å²) in [6.07, 6.45) is 2.74. The molecule has 0 radical (unpaired) electrons. The molecule has 0 spiro atoms. The molecule has 4 rings (SSSR count). The Morgan fingerprint density at radius 3 is 2.57 bits per heavy atom. The molecule has 156 valence electrons. The summed E-state index contributed by atoms with van der Waals surface area (Å²) in [6.45, 7) is 5.45. The third-order valence-corrected chi connectivity index (χ3v) is 6.46. The number of amides is 2. The van der Waals surface area contributed by atoms with Crippen molar-refractivity contribution in [1.29, 1.82) is 0 Å². The van der Waals surface area contributed by atoms with E-state index in [1.165, 1.54) is 0 Å². The van der Waals surface area contributed by atoms with E-state index >= 15 is 0 Å². The van der Waals surface area contributed by atoms with Gasteiger partial charge in [-0.1, -0.05) is 41.9 Å². The second-order valence-corrected chi connectivity index (χ2v) is 8.83. The number of halogens is 1. The molecule has 2 atom stereocenters. The molecular formula is C24H26ClN3O2. The molecule has 2 aliphatic rings. The Labute approximate surface area is 182 Å². The number of nitrogens with two attached hydrogens (primary N) is 1. The first-order chi connectivity index (χ1) is 14.3. The third kappa shape index (κ3) is 3.70. The van der Waals surface area contributed by atoms with Gasteiger partial charge in [0.2, 0.25) is 11.8 Å². The Bertz CT molecular complexity index is 1030. The number of likely N-dealkylation sites (tertiary alicyclic amines) is 1. The average molecular weight is 424 g/mol. The van der Waals surface area contributed by atoms with Gasteiger partial charge in [-0.3, -0.25) is 14.5 Å². The SMILES string of the molecule is CC(=O)N1CC[C@@H](CN2C(=O)C(C)(c3cccc(-c4cccc(Cl)c4)c3)C=C2N)C1. The monoisotopic (exact) mass is 423 g/mol. The smallest absolute Gasteiger partial charge is 0.242 e. The standard InChI is InChI=1S/C24H26ClN3O2/c1-16(29)27-10-9-17(14-27)15-28-22(26)13-24(2,23(28)30)20-7-3-5-18(11-20)19-6-4-8-21(25)12-19/h3-8,11-13,17H,9-10,14-15,26H2,1-2H3/t17-,24?/m1/s1. The molecule has 6 heteroatoms. The van der Waals surface area contributed by atoms with Crippen molar-refractivity contribution in [3.8, 4) is 11.1 Å². The van der Waals surface area contributed by atoms with Crippen LogP contribution in [0.3, 0.4) is 0 Å². The van der Waals surface area contributed by atoms with E-state index in [2.05, 4.69) is 0 Å². The minimum absolute atomic E-state index is 0.0236. The van der Waals surface area contributed by atoms with Gasteiger partial charge in [0.25, 0.3) is 0 Å². The van der Waals surface area contributed by atoms with Gasteiger partial charge in [-0.2, -0.15) is 0 Å². The van der Waals surface area contributed by atoms with Gasteiger partial charge in [0, 0.05) is 31.6 Å². The second kappa shape index (κ2) is 7.80. The highest BCUT2D eigenvalue weighted by Crippen LogP contribution is 2.37. The van der Waals surface area contributed by atoms with Crippen molar-refractivity contribution < 1.29 is 9.59 Å². The summed E-state index contributed by atoms with van der Waals surface area (Å²) in [5.74, 6) is 0.780. The molecule has 0 aromatic heterocycles. The number of rotatable bonds is 4. The van der Waals surface area contributed by atoms with Crippen LogP contribution in [0, 0.1) is 5.92 Å². The number of nitrogens with zero attached hydrogens (tertiary/aromatic N) is 2. The van der Waals surface area contributed by atoms with Gasteiger partial charge in [-0.15, -0.1) is 0 Å². The minimum Gasteiger partial charge on any atom is -0.385 e. The van der Waals surface area contributed by atoms with Gasteiger partial charge >= 0.3 is 0 Å². The highest BCUT2D eigenvalue weighted by Gasteiger charge is 2.44. The molecule has 1 saturated heterocycles. The van der Waals surface area contributed by atoms with Crippen LogP contribution in [0.25, 0.3) is 11.1 Å². The van der Waals surface area contributed by atoms with Crippen LogP contribution in [-0.2, 0) is 15.0 Å². The third-order valence-electron chi connectivity index (χ3n) is 6.23. The molecule has 2 amide bonds. The summed E-state index contributed by atoms with van der Waals surface area (Å²) >= 11 is 6.15. The van der Waals surface area contributed by atoms with Crippen LogP contribution in [0.15, 0.2) is 60.4 Å². The molecule has 2 aromatic rings. The van der Waals surface area contributed by atoms with E-state index < -0.39 is 5.41 Å². The van der Waals surface area contributed by atoms with E-state index in [9.17, 15) is 9.59 Å². The van der Waals surface area contributed by atoms with Crippen LogP contribution >= 0.6 is 11.6 Å². The Kier molecular flexibility index (Phi) is 5.33. The maximum atomic E-state index is 13.4. The zero-order chi connectivity index (χ0) is 21.5. The highest BCUT2D eigenvalue weighted by molar-refractivity contribution is 6.30. The van der Waals surface area contributed by atoms with Crippen molar-refractivity contribution in [3.05, 3.63) is 71.0 Å². The summed E-state index contributed by atoms with van der Waals surface area (Å²) in [7, 11) is 0. The zero-order valence-corrected chi connectivity index (χ0v) is 18.0. The van der Waals surface area contributed by atoms with Crippen LogP contribution in [0.5, 0.6) is 0 Å². The molecule has 1 fully saturated rings. The van der Waals surface area contributed by atoms with Gasteiger partial charge in [-0.05, 0) is 60.2 Å². The van der Waals surface area contributed by atoms with Crippen molar-refractivity contribution >= 4 is 23.4 Å². The van der Waals surface area contributed by atoms with E-state index in [4.69, 9.17) is 17.3 Å². The fourth-order valence-electron chi connectivity index (χ4n) is 4.44. The summed E-state index contributed by atoms with van der Waals surface area (Å²) in [5, 5.41) is 0.674. The topological polar surface area (TPSA) is 66.6 Å². The lowest BCUT2D eigenvalue weighted by molar-refractivity contribution is -0.131. The molecule has 2 N–H and O–H groups in total. The van der Waals surface area contributed by atoms with E-state index in [1.54, 1.807) is 11.8 Å². The van der Waals surface area contributed by atoms with Gasteiger partial charge in [0.05, 0.1) is 5.41 Å². The molecule has 0 bridgehead atoms. The van der Waals surface area contributed by atoms with Crippen LogP contribution in [0.2, 0.25) is 5.02 Å². The van der Waals surface area contributed by atoms with Crippen LogP contribution in [0.1, 0.15) is 25.8 Å². The summed E-state index contributed by atoms with van der Waals surface area (Å²) < 4.78 is 0. The number of hydrogen-bond acceptors (Lipinski definition) is 3. The molecule has 5 nitrogen and oxygen atoms in total. The van der Waals surface area contributed by atoms with E-state index in [0.717, 1.165) is 29.7 Å². The molecule has 2 aliphatic heterocycles. The number of hydrogen-bond donors (Lipinski definition) is 1. The quantitative estimate of drug-likeness (QED) is 0.813. The Morgan fingerprint density at radius 1 is 1.20 bits per heavy atom. The molecule has 0 aliphatic carbocycles. The van der Waals surface area contributed by atoms with Gasteiger partial charge < -0.3 is 10.6 Å². The number of carbonyl (C=O) groups is 2. The first kappa shape index (κ1) is 20.5. The predicted molar refractivity (Wildman–Crippen MR) is 119 cm³/mol. The van der Waals surface area contributed by atoms with Crippen molar-refractivity contribution in [2.24, 2.45) is 11.7 Å². The zero-order valence-electron chi connectivity index (χ0n) is 17.3. The van der Waals surface area contributed by atoms with E-state index in [-0.39, 0.29) is 17.7 Å². The first-order valence-corrected chi connectivity index (χ1v) is 10.6. The Hall–Kier alpha value is -2.79. The molecule has 1 unspecified atom stereocenters. The summed E-state index contributed by atoms with van der Waals surface area (Å²) in [4.78, 5) is 28.6. The van der Waals surface area contributed by atoms with Crippen molar-refractivity contribution in [2.45, 2.75) is 25.7 Å². The largest absolute Gasteiger partial charge is 0.385 e. The number of benzene rings is 2. The normalized spacial score (nSPS) is 23.8. The highest BCUT2D eigenvalue weighted by atomic mass is 35.5. The fourth-order valence-corrected chi connectivity index (χ4v) is 4.63. The summed E-state index contributed by atoms with van der Waals surface area (Å²) in [5.41, 5.74) is 8.37. The second-order valence-electron chi connectivity index (χ2n) is 8.40. The van der Waals surface area contributed by atoms with E-state index in [0.29, 0.717) is 23.9 Å². The van der Waals surface area contributed by atoms with Crippen LogP contribution < -0.4 is 5.73 Å². The lowest BCUT2D eigenvalue weighted by Crippen LogP contribution is -2.41. The lowest BCUT2D eigenvalue weighted by atomic mass is 9.81. The first-order valence-electron chi connectivity index (χ1n) is 10.2. The molecular weight excluding hydrogens is 398 g/mol. The molecule has 2 heterocycles. The maximum absolute atomic E-state index is 13.4. The van der Waals surface area contributed by atoms with E-state index in [1.807, 2.05) is 66.4 Å². The number of carbonyl (C=O) groups excluding carboxylic acids is 2. The van der Waals surface area contributed by atoms with Crippen molar-refractivity contribution in [1.82, 2.24) is 9.80 Å². The predicted octanol–water partition coefficient (Wildman–Crippen LogP) is 3.78. The minimum atomic E-state index is -0.822. The van der Waals surface area contributed by atoms with Crippen LogP contribution in [0.4, 0.5) is 0 Å². The summed E-state index contributed by atoms with van der Waals surface area (Å²) in [6, 6.07) is 15.6. The fraction of sp³-hybridized carbons (Fsp3) is 0.333. The average Bonchev–Trinajstić information content (AvgIpc) is 3.28. The van der Waals surface area contributed by atoms with Gasteiger partial charge in [-0.25, -0.2) is 0 Å². The van der Waals surface area contributed by atoms with Crippen molar-refractivity contribution in [2.75, 3.05) is 19.6 Å². The van der Waals surface area contributed by atoms with Gasteiger partial charge in [0.1, 0.15) is 5.82 Å². The maximum Gasteiger partial charge on any atom is 0.242 e. The molecule has 30 heavy (non-hydrogen) atoms. The molecule has 2 aromatic carbocycles. The Balaban J connectivity index is 1.57.